The molecule has 0 bridgehead atoms. The number of benzene rings is 8. The van der Waals surface area contributed by atoms with Gasteiger partial charge < -0.3 is 4.57 Å². The van der Waals surface area contributed by atoms with Crippen molar-refractivity contribution in [3.05, 3.63) is 199 Å². The van der Waals surface area contributed by atoms with Crippen molar-refractivity contribution in [2.45, 2.75) is 13.1 Å². The number of aromatic nitrogens is 3. The van der Waals surface area contributed by atoms with Gasteiger partial charge in [-0.15, -0.1) is 11.3 Å². The molecule has 0 spiro atoms. The number of aryl methyl sites for hydroxylation is 1. The second kappa shape index (κ2) is 14.4. The summed E-state index contributed by atoms with van der Waals surface area (Å²) in [5.74, 6) is 0.573. The Hall–Kier alpha value is -7.35. The van der Waals surface area contributed by atoms with Gasteiger partial charge in [0.15, 0.2) is 5.82 Å². The monoisotopic (exact) mass is 813 g/mol. The van der Waals surface area contributed by atoms with Crippen molar-refractivity contribution < 1.29 is 13.2 Å². The molecule has 11 aromatic rings. The number of nitrogens with zero attached hydrogens (tertiary/aromatic N) is 3. The first kappa shape index (κ1) is 36.7. The van der Waals surface area contributed by atoms with E-state index in [0.29, 0.717) is 17.1 Å². The number of para-hydroxylation sites is 1. The van der Waals surface area contributed by atoms with E-state index in [4.69, 9.17) is 9.97 Å². The van der Waals surface area contributed by atoms with E-state index in [9.17, 15) is 13.2 Å². The molecule has 0 radical (unpaired) electrons. The molecule has 3 heterocycles. The summed E-state index contributed by atoms with van der Waals surface area (Å²) in [5.41, 5.74) is 10.6. The molecule has 0 saturated heterocycles. The number of hydrogen-bond donors (Lipinski definition) is 0. The molecule has 7 heteroatoms. The number of alkyl halides is 3. The van der Waals surface area contributed by atoms with Crippen LogP contribution in [0.15, 0.2) is 188 Å². The maximum atomic E-state index is 14.1. The molecule has 61 heavy (non-hydrogen) atoms. The predicted molar refractivity (Wildman–Crippen MR) is 246 cm³/mol. The van der Waals surface area contributed by atoms with Crippen LogP contribution in [0.4, 0.5) is 13.2 Å². The van der Waals surface area contributed by atoms with Crippen molar-refractivity contribution in [2.75, 3.05) is 0 Å². The highest BCUT2D eigenvalue weighted by molar-refractivity contribution is 7.26. The molecule has 0 aliphatic carbocycles. The zero-order valence-electron chi connectivity index (χ0n) is 32.8. The van der Waals surface area contributed by atoms with Crippen LogP contribution in [-0.2, 0) is 6.18 Å². The fraction of sp³-hybridized carbons (Fsp3) is 0.0370. The van der Waals surface area contributed by atoms with Gasteiger partial charge in [0.2, 0.25) is 0 Å². The summed E-state index contributed by atoms with van der Waals surface area (Å²) in [5, 5.41) is 4.65. The van der Waals surface area contributed by atoms with E-state index < -0.39 is 11.7 Å². The first-order chi connectivity index (χ1) is 29.8. The molecule has 3 nitrogen and oxygen atoms in total. The molecule has 0 N–H and O–H groups in total. The summed E-state index contributed by atoms with van der Waals surface area (Å²) in [6.07, 6.45) is -4.48. The average Bonchev–Trinajstić information content (AvgIpc) is 3.85. The van der Waals surface area contributed by atoms with Crippen molar-refractivity contribution in [3.8, 4) is 61.8 Å². The Kier molecular flexibility index (Phi) is 8.69. The first-order valence-corrected chi connectivity index (χ1v) is 20.9. The van der Waals surface area contributed by atoms with E-state index >= 15 is 0 Å². The van der Waals surface area contributed by atoms with Crippen LogP contribution in [0, 0.1) is 6.92 Å². The standard InChI is InChI=1S/C54H34F3N3S/c1-33-20-22-34(23-21-33)43-30-38(46-32-45(36-12-4-2-5-13-36)58-53(59-46)37-14-6-3-7-15-37)31-44(35-24-26-39(27-25-35)54(55,56)57)51(43)60-47-18-10-8-17-42(47)50-48(60)29-28-41-40-16-9-11-19-49(40)61-52(41)50/h2-32H,1H3. The second-order valence-electron chi connectivity index (χ2n) is 15.3. The van der Waals surface area contributed by atoms with E-state index in [2.05, 4.69) is 109 Å². The minimum Gasteiger partial charge on any atom is -0.308 e. The highest BCUT2D eigenvalue weighted by Gasteiger charge is 2.31. The molecule has 0 atom stereocenters. The molecular formula is C54H34F3N3S. The van der Waals surface area contributed by atoms with E-state index in [1.807, 2.05) is 66.7 Å². The van der Waals surface area contributed by atoms with Crippen molar-refractivity contribution >= 4 is 53.3 Å². The van der Waals surface area contributed by atoms with Crippen LogP contribution in [0.5, 0.6) is 0 Å². The summed E-state index contributed by atoms with van der Waals surface area (Å²) < 4.78 is 47.1. The summed E-state index contributed by atoms with van der Waals surface area (Å²) >= 11 is 1.79. The largest absolute Gasteiger partial charge is 0.416 e. The summed E-state index contributed by atoms with van der Waals surface area (Å²) in [6, 6.07) is 61.5. The number of thiophene rings is 1. The van der Waals surface area contributed by atoms with Crippen molar-refractivity contribution in [1.82, 2.24) is 14.5 Å². The van der Waals surface area contributed by atoms with Crippen molar-refractivity contribution in [3.63, 3.8) is 0 Å². The summed E-state index contributed by atoms with van der Waals surface area (Å²) in [7, 11) is 0. The second-order valence-corrected chi connectivity index (χ2v) is 16.4. The van der Waals surface area contributed by atoms with Gasteiger partial charge in [-0.2, -0.15) is 13.2 Å². The molecule has 3 aromatic heterocycles. The lowest BCUT2D eigenvalue weighted by Crippen LogP contribution is -2.05. The molecule has 0 amide bonds. The van der Waals surface area contributed by atoms with Gasteiger partial charge >= 0.3 is 6.18 Å². The van der Waals surface area contributed by atoms with Crippen LogP contribution in [-0.4, -0.2) is 14.5 Å². The number of fused-ring (bicyclic) bond motifs is 7. The smallest absolute Gasteiger partial charge is 0.308 e. The van der Waals surface area contributed by atoms with E-state index in [1.165, 1.54) is 32.3 Å². The molecular weight excluding hydrogens is 780 g/mol. The van der Waals surface area contributed by atoms with Gasteiger partial charge in [0.1, 0.15) is 0 Å². The fourth-order valence-electron chi connectivity index (χ4n) is 8.58. The molecule has 0 fully saturated rings. The minimum absolute atomic E-state index is 0.573. The Morgan fingerprint density at radius 3 is 1.72 bits per heavy atom. The lowest BCUT2D eigenvalue weighted by atomic mass is 9.91. The van der Waals surface area contributed by atoms with Crippen LogP contribution in [0.3, 0.4) is 0 Å². The molecule has 0 aliphatic rings. The Labute approximate surface area is 353 Å². The van der Waals surface area contributed by atoms with E-state index in [1.54, 1.807) is 23.5 Å². The molecule has 0 aliphatic heterocycles. The topological polar surface area (TPSA) is 30.7 Å². The Balaban J connectivity index is 1.27. The summed E-state index contributed by atoms with van der Waals surface area (Å²) in [6.45, 7) is 2.06. The van der Waals surface area contributed by atoms with Gasteiger partial charge in [-0.1, -0.05) is 145 Å². The lowest BCUT2D eigenvalue weighted by Gasteiger charge is -2.22. The van der Waals surface area contributed by atoms with Crippen molar-refractivity contribution in [2.24, 2.45) is 0 Å². The quantitative estimate of drug-likeness (QED) is 0.167. The zero-order chi connectivity index (χ0) is 41.2. The van der Waals surface area contributed by atoms with E-state index in [-0.39, 0.29) is 0 Å². The highest BCUT2D eigenvalue weighted by atomic mass is 32.1. The first-order valence-electron chi connectivity index (χ1n) is 20.1. The highest BCUT2D eigenvalue weighted by Crippen LogP contribution is 2.48. The fourth-order valence-corrected chi connectivity index (χ4v) is 9.84. The third kappa shape index (κ3) is 6.37. The molecule has 11 rings (SSSR count). The normalized spacial score (nSPS) is 11.9. The van der Waals surface area contributed by atoms with Crippen LogP contribution >= 0.6 is 11.3 Å². The van der Waals surface area contributed by atoms with E-state index in [0.717, 1.165) is 72.1 Å². The molecule has 0 unspecified atom stereocenters. The number of halogens is 3. The Bertz CT molecular complexity index is 3380. The van der Waals surface area contributed by atoms with Crippen LogP contribution in [0.1, 0.15) is 11.1 Å². The minimum atomic E-state index is -4.48. The summed E-state index contributed by atoms with van der Waals surface area (Å²) in [4.78, 5) is 10.3. The predicted octanol–water partition coefficient (Wildman–Crippen LogP) is 15.6. The number of hydrogen-bond acceptors (Lipinski definition) is 3. The SMILES string of the molecule is Cc1ccc(-c2cc(-c3cc(-c4ccccc4)nc(-c4ccccc4)n3)cc(-c3ccc(C(F)(F)F)cc3)c2-n2c3ccccc3c3c4sc5ccccc5c4ccc32)cc1. The maximum Gasteiger partial charge on any atom is 0.416 e. The third-order valence-corrected chi connectivity index (χ3v) is 12.7. The molecule has 292 valence electrons. The zero-order valence-corrected chi connectivity index (χ0v) is 33.6. The number of rotatable bonds is 6. The van der Waals surface area contributed by atoms with Gasteiger partial charge in [-0.25, -0.2) is 9.97 Å². The van der Waals surface area contributed by atoms with Crippen LogP contribution < -0.4 is 0 Å². The molecule has 8 aromatic carbocycles. The van der Waals surface area contributed by atoms with Gasteiger partial charge in [0.25, 0.3) is 0 Å². The van der Waals surface area contributed by atoms with Gasteiger partial charge in [-0.3, -0.25) is 0 Å². The van der Waals surface area contributed by atoms with Gasteiger partial charge in [-0.05, 0) is 66.6 Å². The van der Waals surface area contributed by atoms with Crippen LogP contribution in [0.25, 0.3) is 104 Å². The average molecular weight is 814 g/mol. The maximum absolute atomic E-state index is 14.1. The van der Waals surface area contributed by atoms with Gasteiger partial charge in [0.05, 0.1) is 33.7 Å². The lowest BCUT2D eigenvalue weighted by molar-refractivity contribution is -0.137. The van der Waals surface area contributed by atoms with Crippen molar-refractivity contribution in [1.29, 1.82) is 0 Å². The Morgan fingerprint density at radius 1 is 0.475 bits per heavy atom. The Morgan fingerprint density at radius 2 is 1.05 bits per heavy atom. The third-order valence-electron chi connectivity index (χ3n) is 11.5. The van der Waals surface area contributed by atoms with Crippen LogP contribution in [0.2, 0.25) is 0 Å². The van der Waals surface area contributed by atoms with Gasteiger partial charge in [0, 0.05) is 58.8 Å². The molecule has 0 saturated carbocycles.